The maximum absolute atomic E-state index is 11.9. The minimum Gasteiger partial charge on any atom is -0.452 e. The van der Waals surface area contributed by atoms with Gasteiger partial charge in [-0.3, -0.25) is 9.59 Å². The number of rotatable bonds is 6. The molecule has 0 aliphatic carbocycles. The van der Waals surface area contributed by atoms with E-state index >= 15 is 0 Å². The average Bonchev–Trinajstić information content (AvgIpc) is 2.62. The lowest BCUT2D eigenvalue weighted by Gasteiger charge is -2.43. The largest absolute Gasteiger partial charge is 0.452 e. The Kier molecular flexibility index (Phi) is 7.46. The molecule has 2 aliphatic rings. The Morgan fingerprint density at radius 2 is 1.75 bits per heavy atom. The maximum atomic E-state index is 11.9. The second-order valence-corrected chi connectivity index (χ2v) is 6.42. The zero-order valence-electron chi connectivity index (χ0n) is 15.3. The first-order valence-electron chi connectivity index (χ1n) is 8.54. The van der Waals surface area contributed by atoms with E-state index in [2.05, 4.69) is 10.6 Å². The molecular formula is C16H24N2O10. The summed E-state index contributed by atoms with van der Waals surface area (Å²) in [5, 5.41) is 43.8. The zero-order valence-corrected chi connectivity index (χ0v) is 15.3. The quantitative estimate of drug-likeness (QED) is 0.240. The molecule has 2 rings (SSSR count). The molecule has 0 saturated carbocycles. The van der Waals surface area contributed by atoms with Gasteiger partial charge < -0.3 is 45.3 Å². The van der Waals surface area contributed by atoms with Crippen molar-refractivity contribution < 1.29 is 49.0 Å². The number of carbonyl (C=O) groups is 3. The fourth-order valence-corrected chi connectivity index (χ4v) is 2.90. The van der Waals surface area contributed by atoms with Crippen LogP contribution in [-0.2, 0) is 28.6 Å². The summed E-state index contributed by atoms with van der Waals surface area (Å²) in [4.78, 5) is 34.6. The predicted octanol–water partition coefficient (Wildman–Crippen LogP) is -3.75. The molecule has 6 N–H and O–H groups in total. The van der Waals surface area contributed by atoms with Crippen LogP contribution < -0.4 is 10.6 Å². The molecule has 1 fully saturated rings. The Hall–Kier alpha value is -2.09. The average molecular weight is 404 g/mol. The van der Waals surface area contributed by atoms with Gasteiger partial charge in [0, 0.05) is 13.8 Å². The maximum Gasteiger partial charge on any atom is 0.355 e. The van der Waals surface area contributed by atoms with Crippen molar-refractivity contribution in [2.24, 2.45) is 0 Å². The second kappa shape index (κ2) is 9.41. The molecule has 0 aromatic carbocycles. The highest BCUT2D eigenvalue weighted by molar-refractivity contribution is 5.94. The van der Waals surface area contributed by atoms with Crippen LogP contribution in [0, 0.1) is 0 Å². The lowest BCUT2D eigenvalue weighted by atomic mass is 9.96. The summed E-state index contributed by atoms with van der Waals surface area (Å²) in [5.41, 5.74) is -0.214. The van der Waals surface area contributed by atoms with Crippen molar-refractivity contribution in [2.75, 3.05) is 13.2 Å². The normalized spacial score (nSPS) is 35.6. The Morgan fingerprint density at radius 3 is 2.29 bits per heavy atom. The van der Waals surface area contributed by atoms with Gasteiger partial charge in [0.05, 0.1) is 13.2 Å². The number of cyclic esters (lactones) is 1. The van der Waals surface area contributed by atoms with Gasteiger partial charge in [-0.1, -0.05) is 0 Å². The summed E-state index contributed by atoms with van der Waals surface area (Å²) < 4.78 is 16.1. The van der Waals surface area contributed by atoms with Crippen molar-refractivity contribution in [3.8, 4) is 0 Å². The highest BCUT2D eigenvalue weighted by atomic mass is 16.7. The van der Waals surface area contributed by atoms with Gasteiger partial charge in [0.1, 0.15) is 36.2 Å². The molecule has 2 aliphatic heterocycles. The smallest absolute Gasteiger partial charge is 0.355 e. The molecule has 0 aromatic rings. The third kappa shape index (κ3) is 5.04. The van der Waals surface area contributed by atoms with Crippen LogP contribution in [0.25, 0.3) is 0 Å². The first-order valence-corrected chi connectivity index (χ1v) is 8.54. The van der Waals surface area contributed by atoms with Crippen LogP contribution in [0.1, 0.15) is 13.8 Å². The Bertz CT molecular complexity index is 639. The van der Waals surface area contributed by atoms with Gasteiger partial charge in [-0.15, -0.1) is 0 Å². The standard InChI is InChI=1S/C16H24N2O10/c1-6(21)17-8-3-9(10(4-19)26-15(8)25)27-16-12(18-7(2)22)14(24)13(23)11(5-20)28-16/h3,9-14,16,19-20,23-24H,4-5H2,1-2H3,(H,17,21)(H,18,22)/t9-,10+,11+,12+,13+,14+,16+/m0/s1. The van der Waals surface area contributed by atoms with Crippen LogP contribution in [0.15, 0.2) is 11.8 Å². The molecule has 158 valence electrons. The van der Waals surface area contributed by atoms with Crippen molar-refractivity contribution in [3.63, 3.8) is 0 Å². The summed E-state index contributed by atoms with van der Waals surface area (Å²) >= 11 is 0. The zero-order chi connectivity index (χ0) is 21.0. The first kappa shape index (κ1) is 22.2. The summed E-state index contributed by atoms with van der Waals surface area (Å²) in [6.07, 6.45) is -6.67. The molecular weight excluding hydrogens is 380 g/mol. The third-order valence-corrected chi connectivity index (χ3v) is 4.21. The van der Waals surface area contributed by atoms with Crippen molar-refractivity contribution in [1.29, 1.82) is 0 Å². The summed E-state index contributed by atoms with van der Waals surface area (Å²) in [7, 11) is 0. The molecule has 12 heteroatoms. The van der Waals surface area contributed by atoms with Gasteiger partial charge in [-0.25, -0.2) is 4.79 Å². The monoisotopic (exact) mass is 404 g/mol. The Balaban J connectivity index is 2.28. The van der Waals surface area contributed by atoms with Gasteiger partial charge in [0.15, 0.2) is 12.4 Å². The van der Waals surface area contributed by atoms with E-state index in [1.165, 1.54) is 19.9 Å². The number of amides is 2. The highest BCUT2D eigenvalue weighted by Gasteiger charge is 2.47. The number of ether oxygens (including phenoxy) is 3. The number of aliphatic hydroxyl groups excluding tert-OH is 4. The highest BCUT2D eigenvalue weighted by Crippen LogP contribution is 2.26. The van der Waals surface area contributed by atoms with E-state index in [1.54, 1.807) is 0 Å². The molecule has 28 heavy (non-hydrogen) atoms. The summed E-state index contributed by atoms with van der Waals surface area (Å²) in [5.74, 6) is -1.95. The number of esters is 1. The lowest BCUT2D eigenvalue weighted by Crippen LogP contribution is -2.65. The van der Waals surface area contributed by atoms with Crippen LogP contribution in [-0.4, -0.2) is 94.3 Å². The number of carbonyl (C=O) groups excluding carboxylic acids is 3. The van der Waals surface area contributed by atoms with E-state index in [-0.39, 0.29) is 5.70 Å². The Labute approximate surface area is 160 Å². The fraction of sp³-hybridized carbons (Fsp3) is 0.688. The molecule has 1 saturated heterocycles. The summed E-state index contributed by atoms with van der Waals surface area (Å²) in [6, 6.07) is -1.22. The molecule has 0 aromatic heterocycles. The topological polar surface area (TPSA) is 184 Å². The predicted molar refractivity (Wildman–Crippen MR) is 89.1 cm³/mol. The third-order valence-electron chi connectivity index (χ3n) is 4.21. The van der Waals surface area contributed by atoms with Crippen LogP contribution in [0.4, 0.5) is 0 Å². The van der Waals surface area contributed by atoms with E-state index in [9.17, 15) is 34.8 Å². The minimum absolute atomic E-state index is 0.214. The van der Waals surface area contributed by atoms with Crippen LogP contribution in [0.5, 0.6) is 0 Å². The first-order chi connectivity index (χ1) is 13.2. The molecule has 0 bridgehead atoms. The van der Waals surface area contributed by atoms with E-state index in [0.717, 1.165) is 0 Å². The van der Waals surface area contributed by atoms with Gasteiger partial charge in [0.25, 0.3) is 0 Å². The SMILES string of the molecule is CC(=O)NC1=C[C@H](O[C@@H]2O[C@H](CO)[C@@H](O)[C@H](O)[C@H]2NC(C)=O)[C@@H](CO)OC1=O. The molecule has 0 radical (unpaired) electrons. The van der Waals surface area contributed by atoms with Crippen LogP contribution in [0.3, 0.4) is 0 Å². The van der Waals surface area contributed by atoms with Crippen LogP contribution in [0.2, 0.25) is 0 Å². The molecule has 2 heterocycles. The number of hydrogen-bond acceptors (Lipinski definition) is 10. The number of aliphatic hydroxyl groups is 4. The molecule has 12 nitrogen and oxygen atoms in total. The Morgan fingerprint density at radius 1 is 1.11 bits per heavy atom. The van der Waals surface area contributed by atoms with Crippen molar-refractivity contribution in [3.05, 3.63) is 11.8 Å². The van der Waals surface area contributed by atoms with Crippen molar-refractivity contribution in [2.45, 2.75) is 56.7 Å². The van der Waals surface area contributed by atoms with E-state index in [0.29, 0.717) is 0 Å². The van der Waals surface area contributed by atoms with Gasteiger partial charge in [-0.2, -0.15) is 0 Å². The van der Waals surface area contributed by atoms with E-state index in [4.69, 9.17) is 14.2 Å². The minimum atomic E-state index is -1.53. The second-order valence-electron chi connectivity index (χ2n) is 6.42. The van der Waals surface area contributed by atoms with Crippen molar-refractivity contribution >= 4 is 17.8 Å². The van der Waals surface area contributed by atoms with Crippen LogP contribution >= 0.6 is 0 Å². The van der Waals surface area contributed by atoms with Crippen molar-refractivity contribution in [1.82, 2.24) is 10.6 Å². The molecule has 0 unspecified atom stereocenters. The van der Waals surface area contributed by atoms with Gasteiger partial charge in [0.2, 0.25) is 11.8 Å². The molecule has 7 atom stereocenters. The fourth-order valence-electron chi connectivity index (χ4n) is 2.90. The van der Waals surface area contributed by atoms with Gasteiger partial charge in [-0.05, 0) is 6.08 Å². The molecule has 0 spiro atoms. The van der Waals surface area contributed by atoms with E-state index < -0.39 is 73.8 Å². The number of nitrogens with one attached hydrogen (secondary N) is 2. The summed E-state index contributed by atoms with van der Waals surface area (Å²) in [6.45, 7) is 1.11. The van der Waals surface area contributed by atoms with Gasteiger partial charge >= 0.3 is 5.97 Å². The molecule has 2 amide bonds. The number of hydrogen-bond donors (Lipinski definition) is 6. The van der Waals surface area contributed by atoms with E-state index in [1.807, 2.05) is 0 Å². The lowest BCUT2D eigenvalue weighted by molar-refractivity contribution is -0.285.